The van der Waals surface area contributed by atoms with Gasteiger partial charge < -0.3 is 5.73 Å². The summed E-state index contributed by atoms with van der Waals surface area (Å²) in [7, 11) is 0. The fraction of sp³-hybridized carbons (Fsp3) is 0.818. The molecule has 12 heavy (non-hydrogen) atoms. The zero-order chi connectivity index (χ0) is 9.03. The second-order valence-corrected chi connectivity index (χ2v) is 4.27. The van der Waals surface area contributed by atoms with Gasteiger partial charge in [-0.1, -0.05) is 19.8 Å². The van der Waals surface area contributed by atoms with E-state index in [0.717, 1.165) is 18.9 Å². The van der Waals surface area contributed by atoms with E-state index in [1.54, 1.807) is 0 Å². The lowest BCUT2D eigenvalue weighted by Crippen LogP contribution is -2.34. The van der Waals surface area contributed by atoms with Crippen LogP contribution in [0.15, 0.2) is 0 Å². The summed E-state index contributed by atoms with van der Waals surface area (Å²) >= 11 is 0. The van der Waals surface area contributed by atoms with Gasteiger partial charge in [-0.25, -0.2) is 0 Å². The Hall–Kier alpha value is -0.480. The second-order valence-electron chi connectivity index (χ2n) is 4.27. The predicted molar refractivity (Wildman–Crippen MR) is 52.6 cm³/mol. The molecule has 0 amide bonds. The molecule has 1 heteroatoms. The highest BCUT2D eigenvalue weighted by Gasteiger charge is 2.31. The van der Waals surface area contributed by atoms with E-state index < -0.39 is 0 Å². The van der Waals surface area contributed by atoms with Crippen molar-refractivity contribution >= 4 is 0 Å². The minimum absolute atomic E-state index is 0.293. The van der Waals surface area contributed by atoms with Gasteiger partial charge >= 0.3 is 0 Å². The highest BCUT2D eigenvalue weighted by molar-refractivity contribution is 4.97. The fourth-order valence-corrected chi connectivity index (χ4v) is 2.04. The molecule has 0 heterocycles. The van der Waals surface area contributed by atoms with Crippen LogP contribution in [0, 0.1) is 23.7 Å². The van der Waals surface area contributed by atoms with Crippen LogP contribution in [0.25, 0.3) is 0 Å². The lowest BCUT2D eigenvalue weighted by Gasteiger charge is -2.37. The van der Waals surface area contributed by atoms with Gasteiger partial charge in [-0.15, -0.1) is 12.3 Å². The third-order valence-corrected chi connectivity index (χ3v) is 3.25. The molecule has 0 atom stereocenters. The lowest BCUT2D eigenvalue weighted by atomic mass is 9.69. The monoisotopic (exact) mass is 165 g/mol. The summed E-state index contributed by atoms with van der Waals surface area (Å²) < 4.78 is 0. The Labute approximate surface area is 75.7 Å². The quantitative estimate of drug-likeness (QED) is 0.623. The first-order valence-corrected chi connectivity index (χ1v) is 4.86. The third-order valence-electron chi connectivity index (χ3n) is 3.25. The van der Waals surface area contributed by atoms with E-state index in [0.29, 0.717) is 5.41 Å². The molecule has 1 nitrogen and oxygen atoms in total. The van der Waals surface area contributed by atoms with E-state index in [1.807, 2.05) is 0 Å². The number of hydrogen-bond donors (Lipinski definition) is 1. The summed E-state index contributed by atoms with van der Waals surface area (Å²) in [6.45, 7) is 3.08. The maximum absolute atomic E-state index is 5.77. The van der Waals surface area contributed by atoms with E-state index in [1.165, 1.54) is 25.7 Å². The van der Waals surface area contributed by atoms with Crippen LogP contribution >= 0.6 is 0 Å². The summed E-state index contributed by atoms with van der Waals surface area (Å²) in [5, 5.41) is 0. The molecule has 1 rings (SSSR count). The van der Waals surface area contributed by atoms with E-state index in [2.05, 4.69) is 12.8 Å². The molecule has 1 fully saturated rings. The van der Waals surface area contributed by atoms with E-state index >= 15 is 0 Å². The molecule has 0 spiro atoms. The van der Waals surface area contributed by atoms with Crippen molar-refractivity contribution in [3.05, 3.63) is 0 Å². The van der Waals surface area contributed by atoms with Crippen LogP contribution in [0.2, 0.25) is 0 Å². The van der Waals surface area contributed by atoms with E-state index in [-0.39, 0.29) is 0 Å². The summed E-state index contributed by atoms with van der Waals surface area (Å²) in [5.41, 5.74) is 6.07. The molecular weight excluding hydrogens is 146 g/mol. The van der Waals surface area contributed by atoms with Gasteiger partial charge in [-0.05, 0) is 30.7 Å². The minimum Gasteiger partial charge on any atom is -0.330 e. The second kappa shape index (κ2) is 3.96. The molecule has 0 radical (unpaired) electrons. The van der Waals surface area contributed by atoms with Gasteiger partial charge in [-0.3, -0.25) is 0 Å². The molecule has 0 saturated heterocycles. The van der Waals surface area contributed by atoms with Gasteiger partial charge in [0.2, 0.25) is 0 Å². The Balaban J connectivity index is 2.52. The van der Waals surface area contributed by atoms with Crippen LogP contribution in [0.5, 0.6) is 0 Å². The number of terminal acetylenes is 1. The van der Waals surface area contributed by atoms with Gasteiger partial charge in [0, 0.05) is 6.42 Å². The Kier molecular flexibility index (Phi) is 3.17. The molecule has 0 aromatic carbocycles. The molecule has 1 saturated carbocycles. The topological polar surface area (TPSA) is 26.0 Å². The molecule has 0 aliphatic heterocycles. The first kappa shape index (κ1) is 9.61. The van der Waals surface area contributed by atoms with Crippen LogP contribution in [-0.4, -0.2) is 6.54 Å². The van der Waals surface area contributed by atoms with Gasteiger partial charge in [0.1, 0.15) is 0 Å². The molecule has 0 aromatic heterocycles. The molecular formula is C11H19N. The third kappa shape index (κ3) is 2.01. The van der Waals surface area contributed by atoms with E-state index in [4.69, 9.17) is 12.2 Å². The predicted octanol–water partition coefficient (Wildman–Crippen LogP) is 2.16. The average Bonchev–Trinajstić information content (AvgIpc) is 2.10. The molecule has 68 valence electrons. The van der Waals surface area contributed by atoms with Crippen molar-refractivity contribution in [1.29, 1.82) is 0 Å². The van der Waals surface area contributed by atoms with Gasteiger partial charge in [0.25, 0.3) is 0 Å². The van der Waals surface area contributed by atoms with Crippen LogP contribution in [0.4, 0.5) is 0 Å². The molecule has 0 aromatic rings. The largest absolute Gasteiger partial charge is 0.330 e. The molecule has 0 unspecified atom stereocenters. The molecule has 2 N–H and O–H groups in total. The number of hydrogen-bond acceptors (Lipinski definition) is 1. The zero-order valence-corrected chi connectivity index (χ0v) is 7.97. The number of nitrogens with two attached hydrogens (primary N) is 1. The summed E-state index contributed by atoms with van der Waals surface area (Å²) in [4.78, 5) is 0. The molecule has 1 aliphatic rings. The van der Waals surface area contributed by atoms with E-state index in [9.17, 15) is 0 Å². The Morgan fingerprint density at radius 3 is 2.50 bits per heavy atom. The number of rotatable bonds is 2. The van der Waals surface area contributed by atoms with Crippen LogP contribution in [0.3, 0.4) is 0 Å². The van der Waals surface area contributed by atoms with Crippen molar-refractivity contribution in [3.63, 3.8) is 0 Å². The SMILES string of the molecule is C#CCC1(CN)CCC(C)CC1. The Bertz CT molecular complexity index is 170. The average molecular weight is 165 g/mol. The maximum Gasteiger partial charge on any atom is 0.0155 e. The first-order valence-electron chi connectivity index (χ1n) is 4.86. The lowest BCUT2D eigenvalue weighted by molar-refractivity contribution is 0.169. The van der Waals surface area contributed by atoms with Gasteiger partial charge in [-0.2, -0.15) is 0 Å². The van der Waals surface area contributed by atoms with Gasteiger partial charge in [0.05, 0.1) is 0 Å². The fourth-order valence-electron chi connectivity index (χ4n) is 2.04. The summed E-state index contributed by atoms with van der Waals surface area (Å²) in [6, 6.07) is 0. The van der Waals surface area contributed by atoms with Crippen molar-refractivity contribution in [2.75, 3.05) is 6.54 Å². The summed E-state index contributed by atoms with van der Waals surface area (Å²) in [5.74, 6) is 3.64. The Morgan fingerprint density at radius 1 is 1.50 bits per heavy atom. The highest BCUT2D eigenvalue weighted by Crippen LogP contribution is 2.40. The summed E-state index contributed by atoms with van der Waals surface area (Å²) in [6.07, 6.45) is 11.3. The Morgan fingerprint density at radius 2 is 2.08 bits per heavy atom. The maximum atomic E-state index is 5.77. The van der Waals surface area contributed by atoms with Gasteiger partial charge in [0.15, 0.2) is 0 Å². The highest BCUT2D eigenvalue weighted by atomic mass is 14.6. The van der Waals surface area contributed by atoms with Crippen LogP contribution in [-0.2, 0) is 0 Å². The van der Waals surface area contributed by atoms with Crippen molar-refractivity contribution in [3.8, 4) is 12.3 Å². The standard InChI is InChI=1S/C11H19N/c1-3-6-11(9-12)7-4-10(2)5-8-11/h1,10H,4-9,12H2,2H3. The molecule has 0 bridgehead atoms. The van der Waals surface area contributed by atoms with Crippen LogP contribution in [0.1, 0.15) is 39.0 Å². The van der Waals surface area contributed by atoms with Crippen molar-refractivity contribution in [1.82, 2.24) is 0 Å². The van der Waals surface area contributed by atoms with Crippen molar-refractivity contribution in [2.24, 2.45) is 17.1 Å². The minimum atomic E-state index is 0.293. The van der Waals surface area contributed by atoms with Crippen molar-refractivity contribution in [2.45, 2.75) is 39.0 Å². The zero-order valence-electron chi connectivity index (χ0n) is 7.97. The molecule has 1 aliphatic carbocycles. The van der Waals surface area contributed by atoms with Crippen LogP contribution < -0.4 is 5.73 Å². The first-order chi connectivity index (χ1) is 5.72. The van der Waals surface area contributed by atoms with Crippen molar-refractivity contribution < 1.29 is 0 Å². The smallest absolute Gasteiger partial charge is 0.0155 e. The normalized spacial score (nSPS) is 35.9.